The highest BCUT2D eigenvalue weighted by Gasteiger charge is 1.90. The van der Waals surface area contributed by atoms with Crippen molar-refractivity contribution in [1.29, 1.82) is 0 Å². The fourth-order valence-corrected chi connectivity index (χ4v) is 2.06. The smallest absolute Gasteiger partial charge is 0.303 e. The van der Waals surface area contributed by atoms with Crippen LogP contribution in [0.4, 0.5) is 0 Å². The molecule has 0 rings (SSSR count). The minimum absolute atomic E-state index is 0.215. The van der Waals surface area contributed by atoms with E-state index >= 15 is 0 Å². The summed E-state index contributed by atoms with van der Waals surface area (Å²) in [5.74, 6) is -0.737. The first kappa shape index (κ1) is 22.2. The van der Waals surface area contributed by atoms with Crippen LogP contribution in [0.5, 0.6) is 0 Å². The van der Waals surface area contributed by atoms with Gasteiger partial charge in [0, 0.05) is 6.42 Å². The molecule has 2 nitrogen and oxygen atoms in total. The van der Waals surface area contributed by atoms with Crippen molar-refractivity contribution in [1.82, 2.24) is 0 Å². The lowest BCUT2D eigenvalue weighted by molar-refractivity contribution is -0.136. The van der Waals surface area contributed by atoms with Crippen LogP contribution in [0.2, 0.25) is 0 Å². The van der Waals surface area contributed by atoms with Crippen molar-refractivity contribution in [3.63, 3.8) is 0 Å². The number of rotatable bonds is 15. The van der Waals surface area contributed by atoms with Crippen LogP contribution in [0.1, 0.15) is 71.1 Å². The molecule has 0 aliphatic carbocycles. The van der Waals surface area contributed by atoms with Crippen molar-refractivity contribution < 1.29 is 9.90 Å². The monoisotopic (exact) mass is 330 g/mol. The number of aliphatic carboxylic acids is 1. The Morgan fingerprint density at radius 1 is 0.667 bits per heavy atom. The number of carboxylic acids is 1. The van der Waals surface area contributed by atoms with Crippen molar-refractivity contribution in [2.75, 3.05) is 0 Å². The van der Waals surface area contributed by atoms with Gasteiger partial charge in [0.2, 0.25) is 0 Å². The Bertz CT molecular complexity index is 425. The summed E-state index contributed by atoms with van der Waals surface area (Å²) >= 11 is 0. The van der Waals surface area contributed by atoms with E-state index in [1.165, 1.54) is 25.7 Å². The predicted molar refractivity (Wildman–Crippen MR) is 105 cm³/mol. The minimum atomic E-state index is -0.737. The Kier molecular flexibility index (Phi) is 17.8. The fourth-order valence-electron chi connectivity index (χ4n) is 2.06. The molecule has 0 amide bonds. The van der Waals surface area contributed by atoms with Gasteiger partial charge in [0.1, 0.15) is 0 Å². The number of hydrogen-bond acceptors (Lipinski definition) is 1. The van der Waals surface area contributed by atoms with Crippen molar-refractivity contribution in [2.24, 2.45) is 0 Å². The summed E-state index contributed by atoms with van der Waals surface area (Å²) in [6, 6.07) is 0. The number of hydrogen-bond donors (Lipinski definition) is 1. The second kappa shape index (κ2) is 19.2. The molecule has 0 fully saturated rings. The van der Waals surface area contributed by atoms with E-state index in [1.807, 2.05) is 12.2 Å². The quantitative estimate of drug-likeness (QED) is 0.265. The molecule has 134 valence electrons. The van der Waals surface area contributed by atoms with Gasteiger partial charge in [0.05, 0.1) is 0 Å². The molecule has 0 heterocycles. The molecular weight excluding hydrogens is 296 g/mol. The van der Waals surface area contributed by atoms with Gasteiger partial charge in [-0.2, -0.15) is 0 Å². The zero-order chi connectivity index (χ0) is 17.7. The number of carboxylic acid groups (broad SMARTS) is 1. The van der Waals surface area contributed by atoms with Crippen molar-refractivity contribution >= 4 is 5.97 Å². The van der Waals surface area contributed by atoms with Crippen LogP contribution in [0.15, 0.2) is 60.8 Å². The highest BCUT2D eigenvalue weighted by Crippen LogP contribution is 2.03. The topological polar surface area (TPSA) is 37.3 Å². The Labute approximate surface area is 148 Å². The standard InChI is InChI=1S/C22H34O2/c1-2-3-4-5-6-7-8-9-10-11-12-13-14-15-16-17-18-19-20-21-22(23)24/h3-4,9-10,12-13,15-16,18-19H,2,5-8,11,14,17,20-21H2,1H3,(H,23,24)/b4-3-,10-9-,13-12-,16-15-,19-18-. The number of allylic oxidation sites excluding steroid dienone is 10. The Hall–Kier alpha value is -1.83. The van der Waals surface area contributed by atoms with Gasteiger partial charge in [-0.3, -0.25) is 4.79 Å². The summed E-state index contributed by atoms with van der Waals surface area (Å²) in [5, 5.41) is 8.49. The van der Waals surface area contributed by atoms with Crippen LogP contribution in [0.3, 0.4) is 0 Å². The molecule has 0 aromatic rings. The number of unbranched alkanes of at least 4 members (excludes halogenated alkanes) is 3. The van der Waals surface area contributed by atoms with Gasteiger partial charge in [0.25, 0.3) is 0 Å². The largest absolute Gasteiger partial charge is 0.481 e. The Morgan fingerprint density at radius 3 is 1.54 bits per heavy atom. The second-order valence-electron chi connectivity index (χ2n) is 5.69. The van der Waals surface area contributed by atoms with Crippen molar-refractivity contribution in [3.8, 4) is 0 Å². The Balaban J connectivity index is 3.42. The average Bonchev–Trinajstić information content (AvgIpc) is 2.56. The van der Waals surface area contributed by atoms with Crippen LogP contribution >= 0.6 is 0 Å². The van der Waals surface area contributed by atoms with Crippen LogP contribution in [0.25, 0.3) is 0 Å². The number of carbonyl (C=O) groups is 1. The summed E-state index contributed by atoms with van der Waals surface area (Å²) in [6.45, 7) is 2.17. The lowest BCUT2D eigenvalue weighted by Crippen LogP contribution is -1.91. The molecule has 0 aliphatic heterocycles. The van der Waals surface area contributed by atoms with Gasteiger partial charge in [-0.05, 0) is 57.8 Å². The molecule has 0 bridgehead atoms. The van der Waals surface area contributed by atoms with E-state index in [9.17, 15) is 4.79 Å². The third-order valence-electron chi connectivity index (χ3n) is 3.40. The van der Waals surface area contributed by atoms with E-state index < -0.39 is 5.97 Å². The first-order valence-corrected chi connectivity index (χ1v) is 9.24. The highest BCUT2D eigenvalue weighted by atomic mass is 16.4. The molecular formula is C22H34O2. The normalized spacial score (nSPS) is 12.7. The van der Waals surface area contributed by atoms with E-state index in [2.05, 4.69) is 55.5 Å². The second-order valence-corrected chi connectivity index (χ2v) is 5.69. The van der Waals surface area contributed by atoms with Gasteiger partial charge in [0.15, 0.2) is 0 Å². The van der Waals surface area contributed by atoms with Gasteiger partial charge >= 0.3 is 5.97 Å². The maximum atomic E-state index is 10.3. The summed E-state index contributed by atoms with van der Waals surface area (Å²) in [7, 11) is 0. The molecule has 0 saturated carbocycles. The maximum Gasteiger partial charge on any atom is 0.303 e. The predicted octanol–water partition coefficient (Wildman–Crippen LogP) is 6.77. The van der Waals surface area contributed by atoms with Crippen LogP contribution < -0.4 is 0 Å². The summed E-state index contributed by atoms with van der Waals surface area (Å²) in [5.41, 5.74) is 0. The molecule has 0 aromatic carbocycles. The zero-order valence-corrected chi connectivity index (χ0v) is 15.2. The van der Waals surface area contributed by atoms with E-state index in [1.54, 1.807) is 0 Å². The first-order valence-electron chi connectivity index (χ1n) is 9.24. The van der Waals surface area contributed by atoms with E-state index in [-0.39, 0.29) is 6.42 Å². The van der Waals surface area contributed by atoms with Gasteiger partial charge < -0.3 is 5.11 Å². The molecule has 0 atom stereocenters. The molecule has 0 spiro atoms. The van der Waals surface area contributed by atoms with E-state index in [0.29, 0.717) is 6.42 Å². The minimum Gasteiger partial charge on any atom is -0.481 e. The molecule has 0 aliphatic rings. The summed E-state index contributed by atoms with van der Waals surface area (Å²) in [6.07, 6.45) is 31.4. The van der Waals surface area contributed by atoms with Crippen LogP contribution in [-0.4, -0.2) is 11.1 Å². The molecule has 1 N–H and O–H groups in total. The summed E-state index contributed by atoms with van der Waals surface area (Å²) in [4.78, 5) is 10.3. The summed E-state index contributed by atoms with van der Waals surface area (Å²) < 4.78 is 0. The third-order valence-corrected chi connectivity index (χ3v) is 3.40. The average molecular weight is 331 g/mol. The maximum absolute atomic E-state index is 10.3. The molecule has 0 saturated heterocycles. The SMILES string of the molecule is CC/C=C\CCCC/C=C\C/C=C\C/C=C\C/C=C\CCC(=O)O. The lowest BCUT2D eigenvalue weighted by Gasteiger charge is -1.92. The van der Waals surface area contributed by atoms with Crippen molar-refractivity contribution in [3.05, 3.63) is 60.8 Å². The highest BCUT2D eigenvalue weighted by molar-refractivity contribution is 5.66. The molecule has 0 aromatic heterocycles. The zero-order valence-electron chi connectivity index (χ0n) is 15.2. The van der Waals surface area contributed by atoms with Gasteiger partial charge in [-0.15, -0.1) is 0 Å². The molecule has 2 heteroatoms. The van der Waals surface area contributed by atoms with Crippen LogP contribution in [0, 0.1) is 0 Å². The Morgan fingerprint density at radius 2 is 1.08 bits per heavy atom. The van der Waals surface area contributed by atoms with Crippen LogP contribution in [-0.2, 0) is 4.79 Å². The first-order chi connectivity index (χ1) is 11.8. The van der Waals surface area contributed by atoms with E-state index in [0.717, 1.165) is 25.7 Å². The molecule has 0 unspecified atom stereocenters. The lowest BCUT2D eigenvalue weighted by atomic mass is 10.1. The van der Waals surface area contributed by atoms with Gasteiger partial charge in [-0.1, -0.05) is 67.7 Å². The fraction of sp³-hybridized carbons (Fsp3) is 0.500. The molecule has 0 radical (unpaired) electrons. The van der Waals surface area contributed by atoms with E-state index in [4.69, 9.17) is 5.11 Å². The molecule has 24 heavy (non-hydrogen) atoms. The third kappa shape index (κ3) is 20.2. The van der Waals surface area contributed by atoms with Gasteiger partial charge in [-0.25, -0.2) is 0 Å². The van der Waals surface area contributed by atoms with Crippen molar-refractivity contribution in [2.45, 2.75) is 71.1 Å².